The van der Waals surface area contributed by atoms with E-state index in [0.29, 0.717) is 0 Å². The summed E-state index contributed by atoms with van der Waals surface area (Å²) >= 11 is 0. The molecule has 1 nitrogen and oxygen atoms in total. The maximum atomic E-state index is 4.92. The number of rotatable bonds is 7. The fraction of sp³-hybridized carbons (Fsp3) is 0.792. The van der Waals surface area contributed by atoms with Crippen molar-refractivity contribution < 1.29 is 0 Å². The van der Waals surface area contributed by atoms with E-state index < -0.39 is 0 Å². The van der Waals surface area contributed by atoms with Crippen molar-refractivity contribution in [1.29, 1.82) is 0 Å². The molecule has 140 valence electrons. The van der Waals surface area contributed by atoms with Crippen LogP contribution in [0, 0.1) is 11.8 Å². The quantitative estimate of drug-likeness (QED) is 0.497. The van der Waals surface area contributed by atoms with Crippen LogP contribution in [0.25, 0.3) is 0 Å². The molecule has 1 heterocycles. The highest BCUT2D eigenvalue weighted by atomic mass is 14.7. The molecule has 0 unspecified atom stereocenters. The summed E-state index contributed by atoms with van der Waals surface area (Å²) in [5.41, 5.74) is 2.88. The minimum atomic E-state index is 0.729. The Bertz CT molecular complexity index is 475. The van der Waals surface area contributed by atoms with Crippen LogP contribution in [0.2, 0.25) is 0 Å². The molecule has 0 N–H and O–H groups in total. The molecule has 1 heteroatoms. The smallest absolute Gasteiger partial charge is 0.0434 e. The largest absolute Gasteiger partial charge is 0.261 e. The third-order valence-electron chi connectivity index (χ3n) is 7.06. The van der Waals surface area contributed by atoms with E-state index in [1.807, 2.05) is 0 Å². The van der Waals surface area contributed by atoms with Crippen molar-refractivity contribution in [1.82, 2.24) is 4.98 Å². The number of aromatic nitrogens is 1. The van der Waals surface area contributed by atoms with Crippen molar-refractivity contribution in [3.63, 3.8) is 0 Å². The van der Waals surface area contributed by atoms with Gasteiger partial charge in [-0.25, -0.2) is 0 Å². The molecule has 3 rings (SSSR count). The van der Waals surface area contributed by atoms with Crippen molar-refractivity contribution in [2.45, 2.75) is 109 Å². The fourth-order valence-electron chi connectivity index (χ4n) is 5.33. The van der Waals surface area contributed by atoms with Gasteiger partial charge in [-0.05, 0) is 80.8 Å². The van der Waals surface area contributed by atoms with E-state index in [4.69, 9.17) is 4.98 Å². The van der Waals surface area contributed by atoms with Gasteiger partial charge in [-0.1, -0.05) is 52.0 Å². The molecule has 0 amide bonds. The summed E-state index contributed by atoms with van der Waals surface area (Å²) in [5, 5.41) is 0. The zero-order chi connectivity index (χ0) is 17.5. The molecular weight excluding hydrogens is 302 g/mol. The van der Waals surface area contributed by atoms with Gasteiger partial charge in [0.2, 0.25) is 0 Å². The first-order valence-corrected chi connectivity index (χ1v) is 11.3. The van der Waals surface area contributed by atoms with Gasteiger partial charge in [0.15, 0.2) is 0 Å². The second-order valence-electron chi connectivity index (χ2n) is 8.88. The Balaban J connectivity index is 1.48. The molecule has 25 heavy (non-hydrogen) atoms. The molecule has 0 radical (unpaired) electrons. The number of unbranched alkanes of at least 4 members (excludes halogenated alkanes) is 1. The number of nitrogens with zero attached hydrogens (tertiary/aromatic N) is 1. The van der Waals surface area contributed by atoms with Gasteiger partial charge >= 0.3 is 0 Å². The molecule has 2 saturated carbocycles. The Morgan fingerprint density at radius 2 is 1.40 bits per heavy atom. The Hall–Kier alpha value is -0.850. The van der Waals surface area contributed by atoms with Crippen molar-refractivity contribution >= 4 is 0 Å². The van der Waals surface area contributed by atoms with Crippen LogP contribution in [0.3, 0.4) is 0 Å². The van der Waals surface area contributed by atoms with Gasteiger partial charge in [0.05, 0.1) is 0 Å². The van der Waals surface area contributed by atoms with Gasteiger partial charge in [-0.15, -0.1) is 0 Å². The van der Waals surface area contributed by atoms with Crippen molar-refractivity contribution in [2.24, 2.45) is 11.8 Å². The summed E-state index contributed by atoms with van der Waals surface area (Å²) in [5.74, 6) is 3.50. The lowest BCUT2D eigenvalue weighted by Crippen LogP contribution is -2.15. The third kappa shape index (κ3) is 5.31. The topological polar surface area (TPSA) is 12.9 Å². The zero-order valence-corrected chi connectivity index (χ0v) is 16.7. The Kier molecular flexibility index (Phi) is 7.37. The van der Waals surface area contributed by atoms with Gasteiger partial charge < -0.3 is 0 Å². The summed E-state index contributed by atoms with van der Waals surface area (Å²) < 4.78 is 0. The molecule has 2 aliphatic carbocycles. The van der Waals surface area contributed by atoms with E-state index in [-0.39, 0.29) is 0 Å². The van der Waals surface area contributed by atoms with Crippen LogP contribution in [0.4, 0.5) is 0 Å². The predicted molar refractivity (Wildman–Crippen MR) is 108 cm³/mol. The van der Waals surface area contributed by atoms with Gasteiger partial charge in [0, 0.05) is 17.8 Å². The van der Waals surface area contributed by atoms with Crippen LogP contribution in [-0.4, -0.2) is 4.98 Å². The Morgan fingerprint density at radius 1 is 0.760 bits per heavy atom. The SMILES string of the molecule is CCCCC1CCC(c2ccc(C3CCC(CCC)CC3)nc2)CC1. The second kappa shape index (κ2) is 9.74. The first-order chi connectivity index (χ1) is 12.3. The molecule has 0 aliphatic heterocycles. The number of hydrogen-bond acceptors (Lipinski definition) is 1. The van der Waals surface area contributed by atoms with Gasteiger partial charge in [0.25, 0.3) is 0 Å². The molecule has 1 aromatic heterocycles. The Morgan fingerprint density at radius 3 is 1.96 bits per heavy atom. The first-order valence-electron chi connectivity index (χ1n) is 11.3. The lowest BCUT2D eigenvalue weighted by molar-refractivity contribution is 0.302. The standard InChI is InChI=1S/C24H39N/c1-3-5-7-20-8-12-21(13-9-20)23-16-17-24(25-18-23)22-14-10-19(6-4-2)11-15-22/h16-22H,3-15H2,1-2H3. The normalized spacial score (nSPS) is 30.3. The van der Waals surface area contributed by atoms with Gasteiger partial charge in [0.1, 0.15) is 0 Å². The van der Waals surface area contributed by atoms with E-state index in [1.165, 1.54) is 94.7 Å². The number of hydrogen-bond donors (Lipinski definition) is 0. The van der Waals surface area contributed by atoms with Crippen molar-refractivity contribution in [3.8, 4) is 0 Å². The molecule has 0 atom stereocenters. The summed E-state index contributed by atoms with van der Waals surface area (Å²) in [6.07, 6.45) is 20.5. The van der Waals surface area contributed by atoms with Crippen LogP contribution in [0.1, 0.15) is 120 Å². The molecule has 2 fully saturated rings. The van der Waals surface area contributed by atoms with Gasteiger partial charge in [-0.2, -0.15) is 0 Å². The van der Waals surface area contributed by atoms with E-state index in [1.54, 1.807) is 0 Å². The van der Waals surface area contributed by atoms with Crippen LogP contribution >= 0.6 is 0 Å². The van der Waals surface area contributed by atoms with Crippen molar-refractivity contribution in [2.75, 3.05) is 0 Å². The third-order valence-corrected chi connectivity index (χ3v) is 7.06. The number of pyridine rings is 1. The molecule has 0 saturated heterocycles. The van der Waals surface area contributed by atoms with Crippen LogP contribution in [-0.2, 0) is 0 Å². The van der Waals surface area contributed by atoms with Crippen LogP contribution in [0.15, 0.2) is 18.3 Å². The highest BCUT2D eigenvalue weighted by Gasteiger charge is 2.24. The summed E-state index contributed by atoms with van der Waals surface area (Å²) in [6.45, 7) is 4.64. The first kappa shape index (κ1) is 18.9. The van der Waals surface area contributed by atoms with E-state index >= 15 is 0 Å². The summed E-state index contributed by atoms with van der Waals surface area (Å²) in [4.78, 5) is 4.92. The summed E-state index contributed by atoms with van der Waals surface area (Å²) in [6, 6.07) is 4.78. The minimum absolute atomic E-state index is 0.729. The molecular formula is C24H39N. The van der Waals surface area contributed by atoms with Crippen molar-refractivity contribution in [3.05, 3.63) is 29.6 Å². The average molecular weight is 342 g/mol. The van der Waals surface area contributed by atoms with Crippen LogP contribution in [0.5, 0.6) is 0 Å². The average Bonchev–Trinajstić information content (AvgIpc) is 2.68. The lowest BCUT2D eigenvalue weighted by Gasteiger charge is -2.30. The van der Waals surface area contributed by atoms with Gasteiger partial charge in [-0.3, -0.25) is 4.98 Å². The van der Waals surface area contributed by atoms with Crippen LogP contribution < -0.4 is 0 Å². The highest BCUT2D eigenvalue weighted by Crippen LogP contribution is 2.39. The second-order valence-corrected chi connectivity index (χ2v) is 8.88. The van der Waals surface area contributed by atoms with E-state index in [9.17, 15) is 0 Å². The predicted octanol–water partition coefficient (Wildman–Crippen LogP) is 7.62. The fourth-order valence-corrected chi connectivity index (χ4v) is 5.33. The lowest BCUT2D eigenvalue weighted by atomic mass is 9.76. The van der Waals surface area contributed by atoms with E-state index in [0.717, 1.165) is 23.7 Å². The molecule has 0 bridgehead atoms. The maximum absolute atomic E-state index is 4.92. The molecule has 0 spiro atoms. The molecule has 2 aliphatic rings. The minimum Gasteiger partial charge on any atom is -0.261 e. The summed E-state index contributed by atoms with van der Waals surface area (Å²) in [7, 11) is 0. The maximum Gasteiger partial charge on any atom is 0.0434 e. The van der Waals surface area contributed by atoms with E-state index in [2.05, 4.69) is 32.2 Å². The Labute approximate surface area is 156 Å². The monoisotopic (exact) mass is 341 g/mol. The molecule has 1 aromatic rings. The molecule has 0 aromatic carbocycles. The zero-order valence-electron chi connectivity index (χ0n) is 16.7. The highest BCUT2D eigenvalue weighted by molar-refractivity contribution is 5.21.